The minimum Gasteiger partial charge on any atom is -0.490 e. The van der Waals surface area contributed by atoms with E-state index in [0.717, 1.165) is 70.1 Å². The Hall–Kier alpha value is -3.39. The first-order valence-electron chi connectivity index (χ1n) is 16.3. The summed E-state index contributed by atoms with van der Waals surface area (Å²) in [4.78, 5) is 29.7. The summed E-state index contributed by atoms with van der Waals surface area (Å²) in [6, 6.07) is 16.9. The molecule has 0 radical (unpaired) electrons. The maximum Gasteiger partial charge on any atom is 0.222 e. The molecule has 2 unspecified atom stereocenters. The van der Waals surface area contributed by atoms with Crippen LogP contribution in [-0.4, -0.2) is 50.1 Å². The van der Waals surface area contributed by atoms with Gasteiger partial charge in [0.2, 0.25) is 18.7 Å². The average molecular weight is 614 g/mol. The van der Waals surface area contributed by atoms with Gasteiger partial charge in [-0.05, 0) is 80.4 Å². The number of para-hydroxylation sites is 1. The highest BCUT2D eigenvalue weighted by Crippen LogP contribution is 2.36. The summed E-state index contributed by atoms with van der Waals surface area (Å²) >= 11 is 0. The van der Waals surface area contributed by atoms with Crippen molar-refractivity contribution in [2.24, 2.45) is 17.6 Å². The van der Waals surface area contributed by atoms with E-state index in [0.29, 0.717) is 18.6 Å². The number of nitrogens with one attached hydrogen (secondary N) is 2. The van der Waals surface area contributed by atoms with E-state index in [-0.39, 0.29) is 18.2 Å². The SMILES string of the molecule is CCCC1CCc2cccc(CCCNC=O)c2O1.CCCCO.CCc1ccccc1.CNC(=O)C(C)C1CC1.NC=O. The van der Waals surface area contributed by atoms with Gasteiger partial charge < -0.3 is 26.2 Å². The topological polar surface area (TPSA) is 131 Å². The van der Waals surface area contributed by atoms with Gasteiger partial charge in [0, 0.05) is 26.1 Å². The van der Waals surface area contributed by atoms with Crippen LogP contribution in [-0.2, 0) is 33.6 Å². The number of carbonyl (C=O) groups is 3. The second kappa shape index (κ2) is 27.2. The number of aliphatic hydroxyl groups is 1. The van der Waals surface area contributed by atoms with Crippen molar-refractivity contribution in [3.63, 3.8) is 0 Å². The van der Waals surface area contributed by atoms with E-state index in [1.807, 2.05) is 13.0 Å². The van der Waals surface area contributed by atoms with E-state index in [1.54, 1.807) is 7.05 Å². The lowest BCUT2D eigenvalue weighted by atomic mass is 9.96. The molecule has 0 bridgehead atoms. The van der Waals surface area contributed by atoms with Crippen molar-refractivity contribution in [2.75, 3.05) is 20.2 Å². The van der Waals surface area contributed by atoms with Crippen LogP contribution in [0.5, 0.6) is 5.75 Å². The Labute approximate surface area is 266 Å². The van der Waals surface area contributed by atoms with Crippen LogP contribution in [0.25, 0.3) is 0 Å². The van der Waals surface area contributed by atoms with Crippen LogP contribution in [0.2, 0.25) is 0 Å². The molecular formula is C36H59N3O5. The van der Waals surface area contributed by atoms with Crippen molar-refractivity contribution in [3.8, 4) is 5.75 Å². The molecule has 1 fully saturated rings. The van der Waals surface area contributed by atoms with Gasteiger partial charge in [0.25, 0.3) is 0 Å². The number of ether oxygens (including phenoxy) is 1. The molecule has 248 valence electrons. The highest BCUT2D eigenvalue weighted by atomic mass is 16.5. The van der Waals surface area contributed by atoms with E-state index >= 15 is 0 Å². The van der Waals surface area contributed by atoms with E-state index < -0.39 is 0 Å². The van der Waals surface area contributed by atoms with Crippen LogP contribution in [0.15, 0.2) is 48.5 Å². The third kappa shape index (κ3) is 19.0. The number of hydrogen-bond donors (Lipinski definition) is 4. The molecule has 1 aliphatic carbocycles. The summed E-state index contributed by atoms with van der Waals surface area (Å²) in [5.74, 6) is 2.23. The lowest BCUT2D eigenvalue weighted by Crippen LogP contribution is -2.26. The highest BCUT2D eigenvalue weighted by molar-refractivity contribution is 5.78. The van der Waals surface area contributed by atoms with Crippen molar-refractivity contribution in [1.82, 2.24) is 10.6 Å². The fourth-order valence-corrected chi connectivity index (χ4v) is 4.60. The van der Waals surface area contributed by atoms with E-state index in [4.69, 9.17) is 14.6 Å². The summed E-state index contributed by atoms with van der Waals surface area (Å²) in [6.45, 7) is 9.49. The van der Waals surface area contributed by atoms with Gasteiger partial charge in [-0.15, -0.1) is 0 Å². The second-order valence-corrected chi connectivity index (χ2v) is 10.9. The molecule has 1 saturated carbocycles. The third-order valence-corrected chi connectivity index (χ3v) is 7.41. The lowest BCUT2D eigenvalue weighted by molar-refractivity contribution is -0.124. The van der Waals surface area contributed by atoms with Crippen LogP contribution >= 0.6 is 0 Å². The van der Waals surface area contributed by atoms with Gasteiger partial charge in [0.05, 0.1) is 6.10 Å². The van der Waals surface area contributed by atoms with Crippen LogP contribution in [0.1, 0.15) is 95.8 Å². The van der Waals surface area contributed by atoms with Crippen LogP contribution < -0.4 is 21.1 Å². The van der Waals surface area contributed by atoms with Crippen molar-refractivity contribution < 1.29 is 24.2 Å². The number of aryl methyl sites for hydroxylation is 3. The molecule has 0 spiro atoms. The summed E-state index contributed by atoms with van der Waals surface area (Å²) in [5, 5.41) is 13.4. The number of fused-ring (bicyclic) bond motifs is 1. The zero-order chi connectivity index (χ0) is 33.0. The first-order chi connectivity index (χ1) is 21.4. The van der Waals surface area contributed by atoms with E-state index in [9.17, 15) is 9.59 Å². The van der Waals surface area contributed by atoms with Crippen LogP contribution in [0.4, 0.5) is 0 Å². The fraction of sp³-hybridized carbons (Fsp3) is 0.583. The molecule has 1 heterocycles. The number of nitrogens with two attached hydrogens (primary N) is 1. The Bertz CT molecular complexity index is 997. The summed E-state index contributed by atoms with van der Waals surface area (Å²) in [5.41, 5.74) is 8.20. The number of rotatable bonds is 12. The third-order valence-electron chi connectivity index (χ3n) is 7.41. The quantitative estimate of drug-likeness (QED) is 0.178. The molecule has 1 aliphatic heterocycles. The molecular weight excluding hydrogens is 554 g/mol. The molecule has 3 amide bonds. The molecule has 2 aromatic rings. The normalized spacial score (nSPS) is 14.7. The van der Waals surface area contributed by atoms with Crippen LogP contribution in [0, 0.1) is 11.8 Å². The number of hydrogen-bond acceptors (Lipinski definition) is 5. The van der Waals surface area contributed by atoms with Crippen molar-refractivity contribution >= 4 is 18.7 Å². The van der Waals surface area contributed by atoms with Crippen LogP contribution in [0.3, 0.4) is 0 Å². The molecule has 0 saturated heterocycles. The predicted octanol–water partition coefficient (Wildman–Crippen LogP) is 5.77. The summed E-state index contributed by atoms with van der Waals surface area (Å²) < 4.78 is 6.17. The van der Waals surface area contributed by atoms with Crippen molar-refractivity contribution in [1.29, 1.82) is 0 Å². The second-order valence-electron chi connectivity index (χ2n) is 10.9. The van der Waals surface area contributed by atoms with Gasteiger partial charge in [-0.1, -0.05) is 89.1 Å². The maximum absolute atomic E-state index is 10.9. The minimum atomic E-state index is 0.192. The Morgan fingerprint density at radius 2 is 1.70 bits per heavy atom. The maximum atomic E-state index is 10.9. The zero-order valence-corrected chi connectivity index (χ0v) is 27.9. The first-order valence-corrected chi connectivity index (χ1v) is 16.3. The Kier molecular flexibility index (Phi) is 25.1. The van der Waals surface area contributed by atoms with Gasteiger partial charge in [-0.3, -0.25) is 14.4 Å². The largest absolute Gasteiger partial charge is 0.490 e. The van der Waals surface area contributed by atoms with Gasteiger partial charge in [0.1, 0.15) is 5.75 Å². The Morgan fingerprint density at radius 3 is 2.18 bits per heavy atom. The number of unbranched alkanes of at least 4 members (excludes halogenated alkanes) is 1. The minimum absolute atomic E-state index is 0.192. The van der Waals surface area contributed by atoms with E-state index in [1.165, 1.54) is 36.0 Å². The fourth-order valence-electron chi connectivity index (χ4n) is 4.60. The lowest BCUT2D eigenvalue weighted by Gasteiger charge is -2.28. The summed E-state index contributed by atoms with van der Waals surface area (Å²) in [6.07, 6.45) is 13.5. The average Bonchev–Trinajstić information content (AvgIpc) is 3.91. The molecule has 5 N–H and O–H groups in total. The predicted molar refractivity (Wildman–Crippen MR) is 180 cm³/mol. The Morgan fingerprint density at radius 1 is 1.02 bits per heavy atom. The molecule has 2 aliphatic rings. The number of benzene rings is 2. The molecule has 44 heavy (non-hydrogen) atoms. The van der Waals surface area contributed by atoms with Gasteiger partial charge in [-0.25, -0.2) is 0 Å². The molecule has 0 aromatic heterocycles. The highest BCUT2D eigenvalue weighted by Gasteiger charge is 2.31. The molecule has 8 heteroatoms. The monoisotopic (exact) mass is 613 g/mol. The number of amides is 3. The molecule has 8 nitrogen and oxygen atoms in total. The number of aliphatic hydroxyl groups excluding tert-OH is 1. The van der Waals surface area contributed by atoms with Crippen molar-refractivity contribution in [2.45, 2.75) is 104 Å². The molecule has 2 atom stereocenters. The Balaban J connectivity index is 0.000000615. The number of primary amides is 1. The van der Waals surface area contributed by atoms with Gasteiger partial charge in [0.15, 0.2) is 0 Å². The molecule has 2 aromatic carbocycles. The van der Waals surface area contributed by atoms with Crippen molar-refractivity contribution in [3.05, 3.63) is 65.2 Å². The molecule has 4 rings (SSSR count). The number of carbonyl (C=O) groups excluding carboxylic acids is 3. The first kappa shape index (κ1) is 40.6. The van der Waals surface area contributed by atoms with Gasteiger partial charge in [-0.2, -0.15) is 0 Å². The standard InChI is InChI=1S/C16H23NO2.C8H10.C7H13NO.C4H10O.CH3NO/c1-2-5-15-10-9-14-7-3-6-13(16(14)19-15)8-4-11-17-12-18;1-2-8-6-4-3-5-7-8;1-5(6-3-4-6)7(9)8-2;1-2-3-4-5;2-1-3/h3,6-7,12,15H,2,4-5,8-11H2,1H3,(H,17,18);3-7H,2H2,1H3;5-6H,3-4H2,1-2H3,(H,8,9);5H,2-4H2,1H3;1H,(H2,2,3). The van der Waals surface area contributed by atoms with Gasteiger partial charge >= 0.3 is 0 Å². The zero-order valence-electron chi connectivity index (χ0n) is 27.9. The van der Waals surface area contributed by atoms with E-state index in [2.05, 4.69) is 79.6 Å². The smallest absolute Gasteiger partial charge is 0.222 e. The summed E-state index contributed by atoms with van der Waals surface area (Å²) in [7, 11) is 1.70.